The van der Waals surface area contributed by atoms with Crippen LogP contribution in [0, 0.1) is 0 Å². The van der Waals surface area contributed by atoms with Gasteiger partial charge in [-0.1, -0.05) is 54.6 Å². The van der Waals surface area contributed by atoms with Crippen molar-refractivity contribution in [3.05, 3.63) is 71.3 Å². The Morgan fingerprint density at radius 1 is 1.08 bits per heavy atom. The largest absolute Gasteiger partial charge is 0.444 e. The summed E-state index contributed by atoms with van der Waals surface area (Å²) in [7, 11) is 1.71. The van der Waals surface area contributed by atoms with Gasteiger partial charge in [0.2, 0.25) is 0 Å². The molecule has 2 aromatic rings. The molecule has 0 saturated carbocycles. The summed E-state index contributed by atoms with van der Waals surface area (Å²) in [5.41, 5.74) is 2.93. The van der Waals surface area contributed by atoms with Gasteiger partial charge in [-0.05, 0) is 26.3 Å². The van der Waals surface area contributed by atoms with Crippen LogP contribution in [-0.4, -0.2) is 29.4 Å². The van der Waals surface area contributed by atoms with Crippen molar-refractivity contribution in [2.75, 3.05) is 7.05 Å². The van der Waals surface area contributed by atoms with Crippen molar-refractivity contribution in [2.45, 2.75) is 32.9 Å². The second-order valence-corrected chi connectivity index (χ2v) is 6.84. The van der Waals surface area contributed by atoms with E-state index in [-0.39, 0.29) is 6.09 Å². The summed E-state index contributed by atoms with van der Waals surface area (Å²) in [5.74, 6) is 5.66. The molecule has 0 aliphatic carbocycles. The highest BCUT2D eigenvalue weighted by molar-refractivity contribution is 6.13. The Morgan fingerprint density at radius 2 is 1.68 bits per heavy atom. The van der Waals surface area contributed by atoms with Gasteiger partial charge in [0, 0.05) is 24.7 Å². The van der Waals surface area contributed by atoms with Crippen LogP contribution in [0.15, 0.2) is 59.7 Å². The molecule has 0 bridgehead atoms. The first-order valence-corrected chi connectivity index (χ1v) is 8.17. The van der Waals surface area contributed by atoms with Crippen LogP contribution in [0.4, 0.5) is 4.79 Å². The van der Waals surface area contributed by atoms with Crippen LogP contribution in [0.25, 0.3) is 0 Å². The second-order valence-electron chi connectivity index (χ2n) is 6.84. The monoisotopic (exact) mass is 339 g/mol. The van der Waals surface area contributed by atoms with Gasteiger partial charge in [0.05, 0.1) is 5.71 Å². The van der Waals surface area contributed by atoms with Crippen LogP contribution in [0.3, 0.4) is 0 Å². The molecule has 2 aromatic carbocycles. The third-order valence-corrected chi connectivity index (χ3v) is 3.56. The van der Waals surface area contributed by atoms with Crippen LogP contribution in [0.5, 0.6) is 0 Å². The van der Waals surface area contributed by atoms with Crippen molar-refractivity contribution in [3.63, 3.8) is 0 Å². The summed E-state index contributed by atoms with van der Waals surface area (Å²) in [6, 6.07) is 17.5. The first-order chi connectivity index (χ1) is 11.8. The molecule has 132 valence electrons. The Hall–Kier alpha value is -2.82. The van der Waals surface area contributed by atoms with Crippen LogP contribution >= 0.6 is 0 Å². The number of benzene rings is 2. The van der Waals surface area contributed by atoms with Gasteiger partial charge in [-0.25, -0.2) is 4.79 Å². The van der Waals surface area contributed by atoms with Crippen LogP contribution < -0.4 is 5.84 Å². The van der Waals surface area contributed by atoms with Gasteiger partial charge in [0.15, 0.2) is 0 Å². The molecule has 0 fully saturated rings. The quantitative estimate of drug-likeness (QED) is 0.524. The highest BCUT2D eigenvalue weighted by atomic mass is 16.6. The maximum Gasteiger partial charge on any atom is 0.410 e. The molecule has 0 radical (unpaired) electrons. The molecule has 0 unspecified atom stereocenters. The van der Waals surface area contributed by atoms with E-state index in [1.54, 1.807) is 11.9 Å². The number of nitrogens with two attached hydrogens (primary N) is 1. The van der Waals surface area contributed by atoms with E-state index in [1.165, 1.54) is 0 Å². The highest BCUT2D eigenvalue weighted by Crippen LogP contribution is 2.18. The Labute approximate surface area is 149 Å². The van der Waals surface area contributed by atoms with Gasteiger partial charge in [-0.15, -0.1) is 0 Å². The Balaban J connectivity index is 2.28. The van der Waals surface area contributed by atoms with Crippen LogP contribution in [0.2, 0.25) is 0 Å². The number of nitrogens with zero attached hydrogens (tertiary/aromatic N) is 2. The summed E-state index contributed by atoms with van der Waals surface area (Å²) in [4.78, 5) is 13.8. The van der Waals surface area contributed by atoms with E-state index in [4.69, 9.17) is 10.6 Å². The Bertz CT molecular complexity index is 749. The van der Waals surface area contributed by atoms with E-state index in [9.17, 15) is 4.79 Å². The molecule has 1 amide bonds. The zero-order chi connectivity index (χ0) is 18.4. The lowest BCUT2D eigenvalue weighted by Gasteiger charge is -2.25. The molecule has 0 saturated heterocycles. The molecule has 0 aliphatic rings. The lowest BCUT2D eigenvalue weighted by Crippen LogP contribution is -2.34. The van der Waals surface area contributed by atoms with Crippen molar-refractivity contribution < 1.29 is 9.53 Å². The fourth-order valence-electron chi connectivity index (χ4n) is 2.44. The molecular weight excluding hydrogens is 314 g/mol. The van der Waals surface area contributed by atoms with Gasteiger partial charge in [0.1, 0.15) is 5.60 Å². The Kier molecular flexibility index (Phi) is 5.80. The van der Waals surface area contributed by atoms with Crippen molar-refractivity contribution >= 4 is 11.8 Å². The minimum Gasteiger partial charge on any atom is -0.444 e. The predicted octanol–water partition coefficient (Wildman–Crippen LogP) is 3.76. The number of ether oxygens (including phenoxy) is 1. The van der Waals surface area contributed by atoms with Crippen molar-refractivity contribution in [1.82, 2.24) is 4.90 Å². The van der Waals surface area contributed by atoms with E-state index in [0.717, 1.165) is 16.7 Å². The predicted molar refractivity (Wildman–Crippen MR) is 100 cm³/mol. The maximum atomic E-state index is 12.2. The third-order valence-electron chi connectivity index (χ3n) is 3.56. The maximum absolute atomic E-state index is 12.2. The molecule has 0 aliphatic heterocycles. The summed E-state index contributed by atoms with van der Waals surface area (Å²) >= 11 is 0. The number of carbonyl (C=O) groups excluding carboxylic acids is 1. The molecule has 0 atom stereocenters. The van der Waals surface area contributed by atoms with E-state index in [2.05, 4.69) is 5.10 Å². The van der Waals surface area contributed by atoms with Crippen molar-refractivity contribution in [3.8, 4) is 0 Å². The fourth-order valence-corrected chi connectivity index (χ4v) is 2.44. The van der Waals surface area contributed by atoms with Gasteiger partial charge >= 0.3 is 6.09 Å². The Morgan fingerprint density at radius 3 is 2.28 bits per heavy atom. The topological polar surface area (TPSA) is 67.9 Å². The van der Waals surface area contributed by atoms with Gasteiger partial charge in [0.25, 0.3) is 0 Å². The summed E-state index contributed by atoms with van der Waals surface area (Å²) in [6.07, 6.45) is -0.367. The lowest BCUT2D eigenvalue weighted by molar-refractivity contribution is 0.0285. The normalized spacial score (nSPS) is 11.9. The van der Waals surface area contributed by atoms with E-state index in [1.807, 2.05) is 75.4 Å². The highest BCUT2D eigenvalue weighted by Gasteiger charge is 2.21. The summed E-state index contributed by atoms with van der Waals surface area (Å²) < 4.78 is 5.42. The second kappa shape index (κ2) is 7.83. The number of hydrazone groups is 1. The van der Waals surface area contributed by atoms with E-state index < -0.39 is 5.60 Å². The summed E-state index contributed by atoms with van der Waals surface area (Å²) in [5, 5.41) is 3.98. The smallest absolute Gasteiger partial charge is 0.410 e. The number of hydrogen-bond acceptors (Lipinski definition) is 4. The number of amides is 1. The minimum atomic E-state index is -0.529. The SMILES string of the molecule is CN(Cc1ccccc1/C(=N/N)c1ccccc1)C(=O)OC(C)(C)C. The van der Waals surface area contributed by atoms with Gasteiger partial charge in [-0.2, -0.15) is 5.10 Å². The number of rotatable bonds is 4. The molecule has 0 heterocycles. The first-order valence-electron chi connectivity index (χ1n) is 8.17. The average molecular weight is 339 g/mol. The molecule has 0 spiro atoms. The number of hydrogen-bond donors (Lipinski definition) is 1. The van der Waals surface area contributed by atoms with Crippen LogP contribution in [0.1, 0.15) is 37.5 Å². The van der Waals surface area contributed by atoms with E-state index in [0.29, 0.717) is 12.3 Å². The molecule has 25 heavy (non-hydrogen) atoms. The zero-order valence-corrected chi connectivity index (χ0v) is 15.2. The summed E-state index contributed by atoms with van der Waals surface area (Å²) in [6.45, 7) is 5.95. The molecule has 5 nitrogen and oxygen atoms in total. The number of carbonyl (C=O) groups is 1. The molecular formula is C20H25N3O2. The van der Waals surface area contributed by atoms with Gasteiger partial charge in [-0.3, -0.25) is 0 Å². The molecule has 5 heteroatoms. The molecule has 0 aromatic heterocycles. The molecule has 2 rings (SSSR count). The lowest BCUT2D eigenvalue weighted by atomic mass is 9.97. The van der Waals surface area contributed by atoms with E-state index >= 15 is 0 Å². The standard InChI is InChI=1S/C20H25N3O2/c1-20(2,3)25-19(24)23(4)14-16-12-8-9-13-17(16)18(22-21)15-10-6-5-7-11-15/h5-13H,14,21H2,1-4H3/b22-18+. The molecule has 2 N–H and O–H groups in total. The average Bonchev–Trinajstić information content (AvgIpc) is 2.56. The third kappa shape index (κ3) is 5.08. The zero-order valence-electron chi connectivity index (χ0n) is 15.2. The fraction of sp³-hybridized carbons (Fsp3) is 0.300. The van der Waals surface area contributed by atoms with Crippen molar-refractivity contribution in [2.24, 2.45) is 10.9 Å². The van der Waals surface area contributed by atoms with Crippen molar-refractivity contribution in [1.29, 1.82) is 0 Å². The van der Waals surface area contributed by atoms with Gasteiger partial charge < -0.3 is 15.5 Å². The minimum absolute atomic E-state index is 0.367. The van der Waals surface area contributed by atoms with Crippen LogP contribution in [-0.2, 0) is 11.3 Å². The first kappa shape index (κ1) is 18.5.